The predicted molar refractivity (Wildman–Crippen MR) is 98.4 cm³/mol. The molecule has 0 saturated heterocycles. The lowest BCUT2D eigenvalue weighted by Crippen LogP contribution is -2.34. The summed E-state index contributed by atoms with van der Waals surface area (Å²) >= 11 is 0. The molecule has 3 rings (SSSR count). The number of hydrogen-bond acceptors (Lipinski definition) is 6. The van der Waals surface area contributed by atoms with Gasteiger partial charge >= 0.3 is 0 Å². The van der Waals surface area contributed by atoms with E-state index >= 15 is 0 Å². The molecule has 0 saturated carbocycles. The van der Waals surface area contributed by atoms with E-state index in [-0.39, 0.29) is 17.8 Å². The first-order chi connectivity index (χ1) is 12.5. The Hall–Kier alpha value is -2.83. The number of anilines is 1. The van der Waals surface area contributed by atoms with Gasteiger partial charge in [-0.1, -0.05) is 26.0 Å². The van der Waals surface area contributed by atoms with Gasteiger partial charge in [-0.15, -0.1) is 0 Å². The first-order valence-corrected chi connectivity index (χ1v) is 8.72. The number of fused-ring (bicyclic) bond motifs is 1. The van der Waals surface area contributed by atoms with Crippen LogP contribution in [0.2, 0.25) is 0 Å². The van der Waals surface area contributed by atoms with Crippen LogP contribution in [0.25, 0.3) is 0 Å². The van der Waals surface area contributed by atoms with Gasteiger partial charge in [0, 0.05) is 24.3 Å². The van der Waals surface area contributed by atoms with E-state index < -0.39 is 0 Å². The SMILES string of the molecule is COc1cccc2c1OCCCN(C(=O)c1cc(C(C)C)nc(N)n1)C2. The van der Waals surface area contributed by atoms with Gasteiger partial charge in [0.2, 0.25) is 5.95 Å². The molecule has 1 aliphatic heterocycles. The number of nitrogen functional groups attached to an aromatic ring is 1. The molecule has 1 aliphatic rings. The second kappa shape index (κ2) is 7.59. The minimum absolute atomic E-state index is 0.122. The number of nitrogens with zero attached hydrogens (tertiary/aromatic N) is 3. The van der Waals surface area contributed by atoms with E-state index in [0.717, 1.165) is 17.7 Å². The number of amides is 1. The number of nitrogens with two attached hydrogens (primary N) is 1. The largest absolute Gasteiger partial charge is 0.493 e. The van der Waals surface area contributed by atoms with Gasteiger partial charge in [0.05, 0.1) is 13.7 Å². The summed E-state index contributed by atoms with van der Waals surface area (Å²) < 4.78 is 11.2. The molecule has 0 aliphatic carbocycles. The van der Waals surface area contributed by atoms with Crippen LogP contribution < -0.4 is 15.2 Å². The van der Waals surface area contributed by atoms with Gasteiger partial charge in [0.1, 0.15) is 5.69 Å². The number of benzene rings is 1. The first-order valence-electron chi connectivity index (χ1n) is 8.72. The highest BCUT2D eigenvalue weighted by molar-refractivity contribution is 5.92. The predicted octanol–water partition coefficient (Wildman–Crippen LogP) is 2.62. The Morgan fingerprint density at radius 3 is 2.88 bits per heavy atom. The zero-order chi connectivity index (χ0) is 18.7. The molecule has 0 bridgehead atoms. The van der Waals surface area contributed by atoms with E-state index in [1.165, 1.54) is 0 Å². The summed E-state index contributed by atoms with van der Waals surface area (Å²) in [5.41, 5.74) is 7.80. The smallest absolute Gasteiger partial charge is 0.272 e. The van der Waals surface area contributed by atoms with Crippen LogP contribution in [0.15, 0.2) is 24.3 Å². The van der Waals surface area contributed by atoms with Crippen molar-refractivity contribution in [2.75, 3.05) is 26.0 Å². The van der Waals surface area contributed by atoms with Gasteiger partial charge in [-0.2, -0.15) is 0 Å². The topological polar surface area (TPSA) is 90.6 Å². The minimum Gasteiger partial charge on any atom is -0.493 e. The van der Waals surface area contributed by atoms with Crippen LogP contribution in [-0.4, -0.2) is 41.0 Å². The summed E-state index contributed by atoms with van der Waals surface area (Å²) in [5, 5.41) is 0. The molecule has 1 amide bonds. The number of ether oxygens (including phenoxy) is 2. The zero-order valence-electron chi connectivity index (χ0n) is 15.4. The highest BCUT2D eigenvalue weighted by atomic mass is 16.5. The standard InChI is InChI=1S/C19H24N4O3/c1-12(2)14-10-15(22-19(20)21-14)18(24)23-8-5-9-26-17-13(11-23)6-4-7-16(17)25-3/h4,6-7,10,12H,5,8-9,11H2,1-3H3,(H2,20,21,22). The maximum Gasteiger partial charge on any atom is 0.272 e. The average molecular weight is 356 g/mol. The highest BCUT2D eigenvalue weighted by Crippen LogP contribution is 2.33. The van der Waals surface area contributed by atoms with Crippen LogP contribution in [0.3, 0.4) is 0 Å². The number of hydrogen-bond donors (Lipinski definition) is 1. The Balaban J connectivity index is 1.92. The lowest BCUT2D eigenvalue weighted by molar-refractivity contribution is 0.0715. The second-order valence-corrected chi connectivity index (χ2v) is 6.57. The average Bonchev–Trinajstić information content (AvgIpc) is 2.60. The molecular weight excluding hydrogens is 332 g/mol. The quantitative estimate of drug-likeness (QED) is 0.909. The maximum atomic E-state index is 13.1. The third kappa shape index (κ3) is 3.71. The summed E-state index contributed by atoms with van der Waals surface area (Å²) in [6.45, 7) is 5.53. The van der Waals surface area contributed by atoms with Gasteiger partial charge in [-0.25, -0.2) is 9.97 Å². The van der Waals surface area contributed by atoms with Gasteiger partial charge in [-0.05, 0) is 24.5 Å². The number of rotatable bonds is 3. The molecule has 0 atom stereocenters. The van der Waals surface area contributed by atoms with Gasteiger partial charge in [0.15, 0.2) is 11.5 Å². The minimum atomic E-state index is -0.156. The van der Waals surface area contributed by atoms with Crippen molar-refractivity contribution in [1.82, 2.24) is 14.9 Å². The number of carbonyl (C=O) groups excluding carboxylic acids is 1. The number of aromatic nitrogens is 2. The molecule has 0 fully saturated rings. The lowest BCUT2D eigenvalue weighted by Gasteiger charge is -2.27. The fourth-order valence-corrected chi connectivity index (χ4v) is 2.95. The third-order valence-electron chi connectivity index (χ3n) is 4.32. The van der Waals surface area contributed by atoms with Crippen LogP contribution in [0, 0.1) is 0 Å². The number of para-hydroxylation sites is 1. The van der Waals surface area contributed by atoms with Crippen LogP contribution in [0.4, 0.5) is 5.95 Å². The Bertz CT molecular complexity index is 807. The molecule has 2 aromatic rings. The highest BCUT2D eigenvalue weighted by Gasteiger charge is 2.23. The molecular formula is C19H24N4O3. The van der Waals surface area contributed by atoms with Crippen molar-refractivity contribution in [2.24, 2.45) is 0 Å². The van der Waals surface area contributed by atoms with Crippen LogP contribution in [0.1, 0.15) is 47.9 Å². The van der Waals surface area contributed by atoms with Gasteiger partial charge in [-0.3, -0.25) is 4.79 Å². The maximum absolute atomic E-state index is 13.1. The van der Waals surface area contributed by atoms with Gasteiger partial charge in [0.25, 0.3) is 5.91 Å². The summed E-state index contributed by atoms with van der Waals surface area (Å²) in [6.07, 6.45) is 0.723. The Morgan fingerprint density at radius 2 is 2.15 bits per heavy atom. The molecule has 26 heavy (non-hydrogen) atoms. The zero-order valence-corrected chi connectivity index (χ0v) is 15.4. The number of carbonyl (C=O) groups is 1. The van der Waals surface area contributed by atoms with Crippen molar-refractivity contribution in [1.29, 1.82) is 0 Å². The molecule has 138 valence electrons. The molecule has 0 radical (unpaired) electrons. The molecule has 1 aromatic carbocycles. The monoisotopic (exact) mass is 356 g/mol. The summed E-state index contributed by atoms with van der Waals surface area (Å²) in [4.78, 5) is 23.2. The molecule has 0 unspecified atom stereocenters. The lowest BCUT2D eigenvalue weighted by atomic mass is 10.1. The van der Waals surface area contributed by atoms with Crippen molar-refractivity contribution in [3.63, 3.8) is 0 Å². The van der Waals surface area contributed by atoms with E-state index in [1.54, 1.807) is 18.1 Å². The fraction of sp³-hybridized carbons (Fsp3) is 0.421. The van der Waals surface area contributed by atoms with E-state index in [4.69, 9.17) is 15.2 Å². The fourth-order valence-electron chi connectivity index (χ4n) is 2.95. The van der Waals surface area contributed by atoms with Gasteiger partial charge < -0.3 is 20.1 Å². The number of methoxy groups -OCH3 is 1. The molecule has 1 aromatic heterocycles. The van der Waals surface area contributed by atoms with E-state index in [0.29, 0.717) is 36.9 Å². The molecule has 2 N–H and O–H groups in total. The molecule has 7 heteroatoms. The Morgan fingerprint density at radius 1 is 1.35 bits per heavy atom. The van der Waals surface area contributed by atoms with Crippen molar-refractivity contribution >= 4 is 11.9 Å². The Labute approximate surface area is 153 Å². The normalized spacial score (nSPS) is 14.2. The van der Waals surface area contributed by atoms with Crippen molar-refractivity contribution in [3.8, 4) is 11.5 Å². The van der Waals surface area contributed by atoms with Crippen LogP contribution in [-0.2, 0) is 6.54 Å². The van der Waals surface area contributed by atoms with Crippen LogP contribution >= 0.6 is 0 Å². The molecule has 0 spiro atoms. The summed E-state index contributed by atoms with van der Waals surface area (Å²) in [7, 11) is 1.61. The second-order valence-electron chi connectivity index (χ2n) is 6.57. The summed E-state index contributed by atoms with van der Waals surface area (Å²) in [5.74, 6) is 1.49. The molecule has 7 nitrogen and oxygen atoms in total. The molecule has 2 heterocycles. The van der Waals surface area contributed by atoms with E-state index in [1.807, 2.05) is 32.0 Å². The van der Waals surface area contributed by atoms with Crippen LogP contribution in [0.5, 0.6) is 11.5 Å². The van der Waals surface area contributed by atoms with E-state index in [2.05, 4.69) is 9.97 Å². The third-order valence-corrected chi connectivity index (χ3v) is 4.32. The first kappa shape index (κ1) is 18.0. The van der Waals surface area contributed by atoms with Crippen molar-refractivity contribution in [2.45, 2.75) is 32.7 Å². The Kier molecular flexibility index (Phi) is 5.25. The van der Waals surface area contributed by atoms with E-state index in [9.17, 15) is 4.79 Å². The summed E-state index contributed by atoms with van der Waals surface area (Å²) in [6, 6.07) is 7.42. The van der Waals surface area contributed by atoms with Crippen molar-refractivity contribution < 1.29 is 14.3 Å². The van der Waals surface area contributed by atoms with Crippen molar-refractivity contribution in [3.05, 3.63) is 41.2 Å².